The van der Waals surface area contributed by atoms with E-state index in [9.17, 15) is 112 Å². The van der Waals surface area contributed by atoms with Crippen molar-refractivity contribution in [3.8, 4) is 18.4 Å². The maximum absolute atomic E-state index is 14.9. The topological polar surface area (TPSA) is 856 Å². The Morgan fingerprint density at radius 3 is 1.36 bits per heavy atom. The average Bonchev–Trinajstić information content (AvgIpc) is 1.55. The Morgan fingerprint density at radius 2 is 0.958 bits per heavy atom. The molecule has 12 aliphatic heterocycles. The monoisotopic (exact) mass is 2060 g/mol. The minimum Gasteiger partial charge on any atom is -0.394 e. The summed E-state index contributed by atoms with van der Waals surface area (Å²) in [4.78, 5) is 80.9. The van der Waals surface area contributed by atoms with Gasteiger partial charge in [-0.1, -0.05) is 49.0 Å². The molecule has 26 atom stereocenters. The van der Waals surface area contributed by atoms with Crippen LogP contribution in [0.4, 0.5) is 26.3 Å². The highest BCUT2D eigenvalue weighted by Crippen LogP contribution is 2.50. The molecule has 0 radical (unpaired) electrons. The Kier molecular flexibility index (Phi) is 34.5. The fourth-order valence-corrected chi connectivity index (χ4v) is 16.3. The third-order valence-electron chi connectivity index (χ3n) is 24.0. The van der Waals surface area contributed by atoms with Crippen LogP contribution in [0.25, 0.3) is 43.2 Å². The zero-order chi connectivity index (χ0) is 107. The average molecular weight is 2070 g/mol. The van der Waals surface area contributed by atoms with Gasteiger partial charge in [0.2, 0.25) is 23.7 Å². The second-order valence-electron chi connectivity index (χ2n) is 34.0. The standard InChI is InChI=1S/C13H13FN4O4.C12H15ClN4O4.C12H18N2O5.C11H14F2N6O3.C11H12F2N4O3.C11H16FN3O4.C11H16N6O4/c1-3-13(14)9(20)7(4-19)22-12(13)18-5-15-8-10(18)16-6(2)17-11(8)21;1-5-15-9-7(10(20)16-5)14-4-17(9)11-12(2,13)8(19)6(3-18)21-11;1-7-13-8(16)4-5-14(7)10-12(3,18)9(17)11(2,6-15)19-10;1-6-17-7(14)2-3-19(6)9-11(12,13)8(21)10(5-20,22-9)4-16-18-15;1-6-16-7(15)2-3-17(6)9-11(12,13)8(19)10(4-14,5-18)20-9;1-6-14-8(13)2-3-15(6)10-11(18,5-12)9(17)7(4-16)19-10;1-6-15-7(12)2-3-17(6)10-8(19)9(20)11(5-18,21-10)4-14-16-13/h1,5,7,9,12,19-20H,4H2,2H3,(H,16,17,21);4,6,8,11,18-19H,3H2,1-2H3,(H,15,16,20);4-5,9-10,15,17-18H,1,6H2,2-3H3,(H,13,16);2-3,8-9,20-21H,1,4-5H2,(H2,14,17);2-3,8-9,18-19H,1,5H2,(H2,15,16);2-3,7,9-10,16-18H,1,4-5H2,(H2,13,14);2-3,8-10,18-20H,1,4-5H2,(H2,12,15)/t7-,9-,12-,13-;6-,8-,11-,12-;9-,10-,11-,12-;2*8-,9-,10-;7-,9-,10-,11-;8-,9+,10-,11-/m1111111/s1. The van der Waals surface area contributed by atoms with Crippen LogP contribution in [-0.4, -0.2) is 400 Å². The molecule has 784 valence electrons. The summed E-state index contributed by atoms with van der Waals surface area (Å²) in [6.45, 7) is 18.7. The number of amidine groups is 4. The van der Waals surface area contributed by atoms with Gasteiger partial charge in [-0.2, -0.15) is 22.8 Å². The number of aliphatic imine (C=N–C) groups is 4. The van der Waals surface area contributed by atoms with Crippen LogP contribution < -0.4 is 39.4 Å². The highest BCUT2D eigenvalue weighted by molar-refractivity contribution is 6.24. The molecule has 0 aliphatic carbocycles. The molecule has 144 heavy (non-hydrogen) atoms. The highest BCUT2D eigenvalue weighted by atomic mass is 35.5. The fourth-order valence-electron chi connectivity index (χ4n) is 16.1. The number of aromatic nitrogens is 8. The van der Waals surface area contributed by atoms with Gasteiger partial charge >= 0.3 is 11.8 Å². The quantitative estimate of drug-likeness (QED) is 0.0104. The Morgan fingerprint density at radius 1 is 0.542 bits per heavy atom. The van der Waals surface area contributed by atoms with Crippen LogP contribution in [0.3, 0.4) is 0 Å². The van der Waals surface area contributed by atoms with E-state index in [0.29, 0.717) is 17.3 Å². The van der Waals surface area contributed by atoms with Crippen molar-refractivity contribution in [2.45, 2.75) is 201 Å². The van der Waals surface area contributed by atoms with E-state index in [1.54, 1.807) is 20.8 Å². The Hall–Kier alpha value is -13.0. The van der Waals surface area contributed by atoms with Gasteiger partial charge < -0.3 is 183 Å². The molecule has 16 rings (SSSR count). The first kappa shape index (κ1) is 113. The number of aryl methyl sites for hydroxylation is 2. The van der Waals surface area contributed by atoms with Gasteiger partial charge in [0.1, 0.15) is 159 Å². The van der Waals surface area contributed by atoms with E-state index in [-0.39, 0.29) is 93.7 Å². The lowest BCUT2D eigenvalue weighted by atomic mass is 9.89. The lowest BCUT2D eigenvalue weighted by molar-refractivity contribution is -0.153. The van der Waals surface area contributed by atoms with Crippen LogP contribution in [0.5, 0.6) is 0 Å². The molecule has 0 unspecified atom stereocenters. The molecule has 16 heterocycles. The Balaban J connectivity index is 0.000000173. The molecule has 63 heteroatoms. The third kappa shape index (κ3) is 21.3. The number of ether oxygens (including phenoxy) is 7. The third-order valence-corrected chi connectivity index (χ3v) is 24.4. The highest BCUT2D eigenvalue weighted by Gasteiger charge is 2.71. The number of halogens is 7. The number of terminal acetylenes is 1. The number of carbonyl (C=O) groups excluding carboxylic acids is 1. The maximum atomic E-state index is 14.9. The van der Waals surface area contributed by atoms with Crippen LogP contribution >= 0.6 is 11.6 Å². The smallest absolute Gasteiger partial charge is 0.321 e. The van der Waals surface area contributed by atoms with Gasteiger partial charge in [-0.3, -0.25) is 23.5 Å². The van der Waals surface area contributed by atoms with Gasteiger partial charge in [-0.15, -0.1) is 18.0 Å². The van der Waals surface area contributed by atoms with Crippen molar-refractivity contribution in [1.82, 2.24) is 68.9 Å². The van der Waals surface area contributed by atoms with Crippen LogP contribution in [0.2, 0.25) is 0 Å². The van der Waals surface area contributed by atoms with Crippen molar-refractivity contribution in [2.24, 2.45) is 53.1 Å². The number of nitrogens with one attached hydrogen (secondary N) is 3. The number of nitriles is 1. The molecule has 0 saturated carbocycles. The number of rotatable bonds is 19. The number of aliphatic hydroxyl groups is 17. The summed E-state index contributed by atoms with van der Waals surface area (Å²) in [5, 5.41) is 183. The molecular weight excluding hydrogens is 1960 g/mol. The second-order valence-corrected chi connectivity index (χ2v) is 34.8. The lowest BCUT2D eigenvalue weighted by Gasteiger charge is -2.37. The van der Waals surface area contributed by atoms with Gasteiger partial charge in [-0.05, 0) is 70.0 Å². The molecule has 12 aliphatic rings. The fraction of sp³-hybridized carbons (Fsp3) is 0.531. The Labute approximate surface area is 813 Å². The van der Waals surface area contributed by atoms with E-state index in [0.717, 1.165) is 26.9 Å². The molecule has 7 fully saturated rings. The van der Waals surface area contributed by atoms with Crippen LogP contribution in [0.1, 0.15) is 44.9 Å². The Bertz CT molecular complexity index is 6140. The maximum Gasteiger partial charge on any atom is 0.321 e. The molecule has 56 nitrogen and oxygen atoms in total. The van der Waals surface area contributed by atoms with Gasteiger partial charge in [0.15, 0.2) is 71.3 Å². The number of azide groups is 2. The van der Waals surface area contributed by atoms with Crippen molar-refractivity contribution < 1.29 is 151 Å². The van der Waals surface area contributed by atoms with Crippen LogP contribution in [-0.2, 0) is 38.0 Å². The molecular formula is C81H104ClF6N29O27. The van der Waals surface area contributed by atoms with Crippen LogP contribution in [0, 0.1) is 37.5 Å². The number of alkyl halides is 7. The van der Waals surface area contributed by atoms with Crippen molar-refractivity contribution in [3.63, 3.8) is 0 Å². The number of carbonyl (C=O) groups is 1. The number of imidazole rings is 2. The van der Waals surface area contributed by atoms with Gasteiger partial charge in [0.05, 0.1) is 72.0 Å². The number of fused-ring (bicyclic) bond motifs is 2. The molecule has 28 N–H and O–H groups in total. The summed E-state index contributed by atoms with van der Waals surface area (Å²) in [7, 11) is 0. The number of nitrogens with two attached hydrogens (primary N) is 4. The van der Waals surface area contributed by atoms with E-state index in [1.165, 1.54) is 101 Å². The summed E-state index contributed by atoms with van der Waals surface area (Å²) in [6, 6.07) is 1.38. The van der Waals surface area contributed by atoms with E-state index >= 15 is 0 Å². The number of aliphatic hydroxyl groups excluding tert-OH is 15. The minimum absolute atomic E-state index is 0.00416. The predicted molar refractivity (Wildman–Crippen MR) is 483 cm³/mol. The zero-order valence-electron chi connectivity index (χ0n) is 76.5. The lowest BCUT2D eigenvalue weighted by Crippen LogP contribution is -2.55. The minimum atomic E-state index is -3.81. The number of hydrogen-bond acceptors (Lipinski definition) is 47. The number of H-pyrrole nitrogens is 2. The van der Waals surface area contributed by atoms with Crippen molar-refractivity contribution >= 4 is 63.2 Å². The first-order chi connectivity index (χ1) is 67.4. The largest absolute Gasteiger partial charge is 0.394 e. The van der Waals surface area contributed by atoms with Crippen LogP contribution in [0.15, 0.2) is 176 Å². The van der Waals surface area contributed by atoms with E-state index in [2.05, 4.69) is 108 Å². The summed E-state index contributed by atoms with van der Waals surface area (Å²) in [5.41, 5.74) is 24.4. The first-order valence-corrected chi connectivity index (χ1v) is 42.6. The summed E-state index contributed by atoms with van der Waals surface area (Å²) < 4.78 is 125. The molecule has 4 aromatic heterocycles. The predicted octanol–water partition coefficient (Wildman–Crippen LogP) is -6.21. The van der Waals surface area contributed by atoms with Gasteiger partial charge in [0.25, 0.3) is 17.0 Å². The number of nitrogens with zero attached hydrogens (tertiary/aromatic N) is 22. The van der Waals surface area contributed by atoms with E-state index in [1.807, 2.05) is 5.92 Å². The number of aromatic amines is 2. The van der Waals surface area contributed by atoms with Crippen molar-refractivity contribution in [1.29, 1.82) is 5.26 Å². The molecule has 0 aromatic carbocycles. The summed E-state index contributed by atoms with van der Waals surface area (Å²) >= 11 is 6.38. The van der Waals surface area contributed by atoms with Gasteiger partial charge in [0, 0.05) is 46.9 Å². The number of amides is 1. The molecule has 7 saturated heterocycles. The first-order valence-electron chi connectivity index (χ1n) is 42.2. The molecule has 0 bridgehead atoms. The SMILES string of the molecule is C#C[C@@]1(F)[C@H](O)[C@@H](CO)O[C@H]1n1cnc2c(=O)[nH]c(C)nc21.C=C1N=C(N)C=CN1[C@@H]1O[C@@](CO)(CN=[N+]=[N-])[C@@H](O)C1(F)F.C=C1N=C(N)C=CN1[C@@H]1O[C@@](CO)(CN=[N+]=[N-])[C@@H](O)[C@H]1O.C=C1N=C(N)C=CN1[C@@H]1O[C@H](CO)[C@@H](O)[C@]1(O)CF.C=C1N=C(N)C=CN1[C@@H]1O[C@](C#N)(CO)[C@@H](O)C1(F)F.C=C1NC(=O)C=CN1[C@@H]1O[C@](C)(CO)[C@@H](O)[C@@]1(C)O.Cc1nc2c(ncn2[C@@H]2O[C@H](CO)[C@@H](O)[C@@]2(C)Cl)c(=O)[nH]1. The second kappa shape index (κ2) is 43.9. The van der Waals surface area contributed by atoms with Gasteiger partial charge in [-0.25, -0.2) is 48.7 Å². The molecule has 4 aromatic rings. The molecule has 1 amide bonds. The van der Waals surface area contributed by atoms with Crippen molar-refractivity contribution in [2.75, 3.05) is 66.0 Å². The number of hydrogen-bond donors (Lipinski definition) is 24. The van der Waals surface area contributed by atoms with E-state index < -0.39 is 225 Å². The normalized spacial score (nSPS) is 35.6. The molecule has 0 spiro atoms. The zero-order valence-corrected chi connectivity index (χ0v) is 77.2. The van der Waals surface area contributed by atoms with E-state index in [4.69, 9.17) is 106 Å². The van der Waals surface area contributed by atoms with Crippen molar-refractivity contribution in [3.05, 3.63) is 189 Å². The summed E-state index contributed by atoms with van der Waals surface area (Å²) in [5.74, 6) is -4.37. The summed E-state index contributed by atoms with van der Waals surface area (Å²) in [6.07, 6.45) is -4.81.